The number of piperazine rings is 1. The third kappa shape index (κ3) is 3.57. The fraction of sp³-hybridized carbons (Fsp3) is 0.400. The minimum absolute atomic E-state index is 0.0103. The molecule has 0 aliphatic carbocycles. The highest BCUT2D eigenvalue weighted by molar-refractivity contribution is 5.94. The molecule has 1 aromatic rings. The van der Waals surface area contributed by atoms with E-state index in [4.69, 9.17) is 6.42 Å². The molecule has 0 radical (unpaired) electrons. The number of amides is 1. The van der Waals surface area contributed by atoms with Crippen LogP contribution in [-0.4, -0.2) is 43.0 Å². The Labute approximate surface area is 114 Å². The van der Waals surface area contributed by atoms with Crippen molar-refractivity contribution >= 4 is 11.6 Å². The topological polar surface area (TPSA) is 44.4 Å². The molecule has 19 heavy (non-hydrogen) atoms. The van der Waals surface area contributed by atoms with Crippen LogP contribution in [-0.2, 0) is 4.79 Å². The zero-order valence-electron chi connectivity index (χ0n) is 11.1. The lowest BCUT2D eigenvalue weighted by Crippen LogP contribution is -2.51. The molecule has 1 atom stereocenters. The molecule has 1 aliphatic heterocycles. The van der Waals surface area contributed by atoms with Crippen molar-refractivity contribution in [2.24, 2.45) is 0 Å². The van der Waals surface area contributed by atoms with Crippen LogP contribution < -0.4 is 10.6 Å². The number of nitrogens with zero attached hydrogens (tertiary/aromatic N) is 1. The minimum Gasteiger partial charge on any atom is -0.325 e. The van der Waals surface area contributed by atoms with Gasteiger partial charge in [-0.3, -0.25) is 9.69 Å². The van der Waals surface area contributed by atoms with E-state index >= 15 is 0 Å². The van der Waals surface area contributed by atoms with Crippen LogP contribution in [0.15, 0.2) is 24.3 Å². The first-order chi connectivity index (χ1) is 9.20. The standard InChI is InChI=1S/C15H19N3O/c1-3-13-5-4-6-14(11-13)17-15(19)12(2)18-9-7-16-8-10-18/h1,4-6,11-12,16H,7-10H2,2H3,(H,17,19). The molecule has 0 bridgehead atoms. The van der Waals surface area contributed by atoms with Crippen molar-refractivity contribution in [2.45, 2.75) is 13.0 Å². The molecule has 1 aliphatic rings. The molecule has 4 nitrogen and oxygen atoms in total. The van der Waals surface area contributed by atoms with E-state index in [9.17, 15) is 4.79 Å². The first kappa shape index (κ1) is 13.6. The molecular weight excluding hydrogens is 238 g/mol. The van der Waals surface area contributed by atoms with E-state index in [0.29, 0.717) is 0 Å². The Bertz CT molecular complexity index is 486. The average Bonchev–Trinajstić information content (AvgIpc) is 2.47. The van der Waals surface area contributed by atoms with E-state index in [0.717, 1.165) is 37.4 Å². The lowest BCUT2D eigenvalue weighted by atomic mass is 10.2. The molecule has 0 saturated carbocycles. The highest BCUT2D eigenvalue weighted by atomic mass is 16.2. The van der Waals surface area contributed by atoms with Crippen molar-refractivity contribution in [1.82, 2.24) is 10.2 Å². The number of terminal acetylenes is 1. The summed E-state index contributed by atoms with van der Waals surface area (Å²) in [5.41, 5.74) is 1.52. The number of benzene rings is 1. The van der Waals surface area contributed by atoms with Gasteiger partial charge in [-0.25, -0.2) is 0 Å². The normalized spacial score (nSPS) is 17.5. The van der Waals surface area contributed by atoms with Gasteiger partial charge in [-0.15, -0.1) is 6.42 Å². The van der Waals surface area contributed by atoms with E-state index in [2.05, 4.69) is 21.5 Å². The summed E-state index contributed by atoms with van der Waals surface area (Å²) in [5, 5.41) is 6.19. The van der Waals surface area contributed by atoms with Gasteiger partial charge in [0.15, 0.2) is 0 Å². The van der Waals surface area contributed by atoms with E-state index in [-0.39, 0.29) is 11.9 Å². The molecule has 100 valence electrons. The first-order valence-corrected chi connectivity index (χ1v) is 6.53. The highest BCUT2D eigenvalue weighted by Crippen LogP contribution is 2.11. The second-order valence-electron chi connectivity index (χ2n) is 4.68. The van der Waals surface area contributed by atoms with E-state index in [1.165, 1.54) is 0 Å². The van der Waals surface area contributed by atoms with Crippen molar-refractivity contribution < 1.29 is 4.79 Å². The predicted molar refractivity (Wildman–Crippen MR) is 76.9 cm³/mol. The number of hydrogen-bond donors (Lipinski definition) is 2. The van der Waals surface area contributed by atoms with Gasteiger partial charge in [-0.2, -0.15) is 0 Å². The van der Waals surface area contributed by atoms with Gasteiger partial charge in [0.1, 0.15) is 0 Å². The zero-order chi connectivity index (χ0) is 13.7. The molecule has 1 amide bonds. The lowest BCUT2D eigenvalue weighted by molar-refractivity contribution is -0.120. The molecule has 0 spiro atoms. The molecule has 4 heteroatoms. The molecule has 1 heterocycles. The van der Waals surface area contributed by atoms with Gasteiger partial charge >= 0.3 is 0 Å². The van der Waals surface area contributed by atoms with Gasteiger partial charge in [0.2, 0.25) is 5.91 Å². The van der Waals surface area contributed by atoms with Gasteiger partial charge in [-0.1, -0.05) is 12.0 Å². The molecule has 0 aromatic heterocycles. The highest BCUT2D eigenvalue weighted by Gasteiger charge is 2.22. The lowest BCUT2D eigenvalue weighted by Gasteiger charge is -2.31. The fourth-order valence-corrected chi connectivity index (χ4v) is 2.17. The number of carbonyl (C=O) groups is 1. The third-order valence-corrected chi connectivity index (χ3v) is 3.38. The average molecular weight is 257 g/mol. The Morgan fingerprint density at radius 3 is 2.89 bits per heavy atom. The molecular formula is C15H19N3O. The van der Waals surface area contributed by atoms with Crippen LogP contribution >= 0.6 is 0 Å². The summed E-state index contributed by atoms with van der Waals surface area (Å²) >= 11 is 0. The minimum atomic E-state index is -0.128. The van der Waals surface area contributed by atoms with E-state index in [1.54, 1.807) is 0 Å². The van der Waals surface area contributed by atoms with Crippen LogP contribution in [0.5, 0.6) is 0 Å². The predicted octanol–water partition coefficient (Wildman–Crippen LogP) is 0.900. The van der Waals surface area contributed by atoms with Crippen molar-refractivity contribution in [2.75, 3.05) is 31.5 Å². The molecule has 2 rings (SSSR count). The maximum Gasteiger partial charge on any atom is 0.241 e. The van der Waals surface area contributed by atoms with Gasteiger partial charge < -0.3 is 10.6 Å². The van der Waals surface area contributed by atoms with Gasteiger partial charge in [0, 0.05) is 37.4 Å². The third-order valence-electron chi connectivity index (χ3n) is 3.38. The van der Waals surface area contributed by atoms with Gasteiger partial charge in [0.25, 0.3) is 0 Å². The van der Waals surface area contributed by atoms with Crippen LogP contribution in [0.1, 0.15) is 12.5 Å². The number of hydrogen-bond acceptors (Lipinski definition) is 3. The van der Waals surface area contributed by atoms with Crippen LogP contribution in [0.3, 0.4) is 0 Å². The summed E-state index contributed by atoms with van der Waals surface area (Å²) in [5.74, 6) is 2.57. The van der Waals surface area contributed by atoms with E-state index < -0.39 is 0 Å². The Hall–Kier alpha value is -1.83. The van der Waals surface area contributed by atoms with Crippen molar-refractivity contribution in [3.05, 3.63) is 29.8 Å². The van der Waals surface area contributed by atoms with Gasteiger partial charge in [-0.05, 0) is 25.1 Å². The van der Waals surface area contributed by atoms with Crippen LogP contribution in [0, 0.1) is 12.3 Å². The Kier molecular flexibility index (Phi) is 4.56. The number of rotatable bonds is 3. The fourth-order valence-electron chi connectivity index (χ4n) is 2.17. The Morgan fingerprint density at radius 2 is 2.21 bits per heavy atom. The largest absolute Gasteiger partial charge is 0.325 e. The molecule has 1 saturated heterocycles. The number of nitrogens with one attached hydrogen (secondary N) is 2. The van der Waals surface area contributed by atoms with Crippen molar-refractivity contribution in [1.29, 1.82) is 0 Å². The summed E-state index contributed by atoms with van der Waals surface area (Å²) in [7, 11) is 0. The summed E-state index contributed by atoms with van der Waals surface area (Å²) in [6.45, 7) is 5.61. The smallest absolute Gasteiger partial charge is 0.241 e. The number of anilines is 1. The van der Waals surface area contributed by atoms with Crippen LogP contribution in [0.2, 0.25) is 0 Å². The van der Waals surface area contributed by atoms with Crippen LogP contribution in [0.4, 0.5) is 5.69 Å². The number of carbonyl (C=O) groups excluding carboxylic acids is 1. The maximum atomic E-state index is 12.2. The molecule has 2 N–H and O–H groups in total. The summed E-state index contributed by atoms with van der Waals surface area (Å²) in [4.78, 5) is 14.4. The Morgan fingerprint density at radius 1 is 1.47 bits per heavy atom. The monoisotopic (exact) mass is 257 g/mol. The Balaban J connectivity index is 1.97. The summed E-state index contributed by atoms with van der Waals surface area (Å²) in [6.07, 6.45) is 5.35. The summed E-state index contributed by atoms with van der Waals surface area (Å²) in [6, 6.07) is 7.22. The van der Waals surface area contributed by atoms with Gasteiger partial charge in [0.05, 0.1) is 6.04 Å². The second-order valence-corrected chi connectivity index (χ2v) is 4.68. The summed E-state index contributed by atoms with van der Waals surface area (Å²) < 4.78 is 0. The maximum absolute atomic E-state index is 12.2. The van der Waals surface area contributed by atoms with E-state index in [1.807, 2.05) is 31.2 Å². The second kappa shape index (κ2) is 6.37. The SMILES string of the molecule is C#Cc1cccc(NC(=O)C(C)N2CCNCC2)c1. The van der Waals surface area contributed by atoms with Crippen LogP contribution in [0.25, 0.3) is 0 Å². The molecule has 1 aromatic carbocycles. The quantitative estimate of drug-likeness (QED) is 0.791. The molecule has 1 unspecified atom stereocenters. The zero-order valence-corrected chi connectivity index (χ0v) is 11.1. The van der Waals surface area contributed by atoms with Crippen molar-refractivity contribution in [3.63, 3.8) is 0 Å². The first-order valence-electron chi connectivity index (χ1n) is 6.53. The van der Waals surface area contributed by atoms with Crippen molar-refractivity contribution in [3.8, 4) is 12.3 Å². The molecule has 1 fully saturated rings.